The van der Waals surface area contributed by atoms with Crippen molar-refractivity contribution < 1.29 is 13.6 Å². The first-order valence-electron chi connectivity index (χ1n) is 8.79. The monoisotopic (exact) mass is 504 g/mol. The second kappa shape index (κ2) is 10.3. The molecule has 0 bridgehead atoms. The van der Waals surface area contributed by atoms with Crippen LogP contribution in [0.4, 0.5) is 14.5 Å². The number of fused-ring (bicyclic) bond motifs is 1. The minimum Gasteiger partial charge on any atom is -0.357 e. The number of carbonyl (C=O) groups is 1. The molecule has 7 nitrogen and oxygen atoms in total. The first kappa shape index (κ1) is 22.1. The summed E-state index contributed by atoms with van der Waals surface area (Å²) < 4.78 is 26.6. The second-order valence-corrected chi connectivity index (χ2v) is 6.14. The quantitative estimate of drug-likeness (QED) is 0.321. The molecule has 0 saturated heterocycles. The number of carbonyl (C=O) groups excluding carboxylic acids is 1. The highest BCUT2D eigenvalue weighted by Crippen LogP contribution is 2.31. The molecule has 1 aromatic carbocycles. The highest BCUT2D eigenvalue weighted by Gasteiger charge is 2.24. The number of alkyl halides is 2. The van der Waals surface area contributed by atoms with E-state index in [4.69, 9.17) is 0 Å². The van der Waals surface area contributed by atoms with E-state index in [-0.39, 0.29) is 48.2 Å². The van der Waals surface area contributed by atoms with Crippen molar-refractivity contribution >= 4 is 41.5 Å². The third-order valence-electron chi connectivity index (χ3n) is 4.30. The third kappa shape index (κ3) is 5.40. The molecule has 1 amide bonds. The standard InChI is InChI=1S/C18H22F2N6O.HI/c1-2-21-18(24-11-15-22-7-8-26(15)17(19)20)23-10-12-9-16(27)25-14-6-4-3-5-13(12)14;/h3-8,12,17H,2,9-11H2,1H3,(H,25,27)(H2,21,23,24);1H. The Balaban J connectivity index is 0.00000280. The topological polar surface area (TPSA) is 83.3 Å². The van der Waals surface area contributed by atoms with E-state index in [2.05, 4.69) is 25.9 Å². The predicted octanol–water partition coefficient (Wildman–Crippen LogP) is 3.08. The number of imidazole rings is 1. The van der Waals surface area contributed by atoms with E-state index in [1.807, 2.05) is 31.2 Å². The van der Waals surface area contributed by atoms with Gasteiger partial charge in [-0.1, -0.05) is 18.2 Å². The Bertz CT molecular complexity index is 826. The second-order valence-electron chi connectivity index (χ2n) is 6.14. The molecule has 2 aromatic rings. The van der Waals surface area contributed by atoms with Gasteiger partial charge >= 0.3 is 6.55 Å². The van der Waals surface area contributed by atoms with E-state index < -0.39 is 6.55 Å². The van der Waals surface area contributed by atoms with Crippen LogP contribution >= 0.6 is 24.0 Å². The van der Waals surface area contributed by atoms with Crippen molar-refractivity contribution in [1.29, 1.82) is 0 Å². The summed E-state index contributed by atoms with van der Waals surface area (Å²) in [7, 11) is 0. The number of hydrogen-bond acceptors (Lipinski definition) is 3. The molecule has 1 aromatic heterocycles. The zero-order valence-electron chi connectivity index (χ0n) is 15.4. The van der Waals surface area contributed by atoms with Crippen molar-refractivity contribution in [2.75, 3.05) is 18.4 Å². The average Bonchev–Trinajstić information content (AvgIpc) is 3.12. The summed E-state index contributed by atoms with van der Waals surface area (Å²) >= 11 is 0. The van der Waals surface area contributed by atoms with Gasteiger partial charge in [-0.25, -0.2) is 9.98 Å². The van der Waals surface area contributed by atoms with Crippen LogP contribution in [0.3, 0.4) is 0 Å². The molecule has 1 atom stereocenters. The fourth-order valence-electron chi connectivity index (χ4n) is 3.04. The summed E-state index contributed by atoms with van der Waals surface area (Å²) in [6.45, 7) is 0.413. The maximum absolute atomic E-state index is 12.9. The lowest BCUT2D eigenvalue weighted by molar-refractivity contribution is -0.116. The van der Waals surface area contributed by atoms with Crippen molar-refractivity contribution in [2.24, 2.45) is 4.99 Å². The van der Waals surface area contributed by atoms with E-state index in [1.54, 1.807) is 0 Å². The number of anilines is 1. The van der Waals surface area contributed by atoms with Gasteiger partial charge in [0.2, 0.25) is 5.91 Å². The molecule has 0 saturated carbocycles. The zero-order valence-corrected chi connectivity index (χ0v) is 17.7. The third-order valence-corrected chi connectivity index (χ3v) is 4.30. The molecule has 0 radical (unpaired) electrons. The van der Waals surface area contributed by atoms with E-state index >= 15 is 0 Å². The lowest BCUT2D eigenvalue weighted by Crippen LogP contribution is -2.40. The summed E-state index contributed by atoms with van der Waals surface area (Å²) in [5.41, 5.74) is 1.88. The predicted molar refractivity (Wildman–Crippen MR) is 114 cm³/mol. The van der Waals surface area contributed by atoms with Crippen LogP contribution in [0, 0.1) is 0 Å². The van der Waals surface area contributed by atoms with Crippen LogP contribution in [0.2, 0.25) is 0 Å². The summed E-state index contributed by atoms with van der Waals surface area (Å²) in [6, 6.07) is 7.69. The van der Waals surface area contributed by atoms with Gasteiger partial charge in [0.1, 0.15) is 12.4 Å². The van der Waals surface area contributed by atoms with Crippen LogP contribution < -0.4 is 16.0 Å². The summed E-state index contributed by atoms with van der Waals surface area (Å²) in [6.07, 6.45) is 2.93. The molecular formula is C18H23F2IN6O. The number of hydrogen-bond donors (Lipinski definition) is 3. The Morgan fingerprint density at radius 1 is 1.39 bits per heavy atom. The molecule has 1 aliphatic rings. The average molecular weight is 504 g/mol. The van der Waals surface area contributed by atoms with Crippen LogP contribution in [0.15, 0.2) is 41.7 Å². The summed E-state index contributed by atoms with van der Waals surface area (Å²) in [4.78, 5) is 20.2. The Morgan fingerprint density at radius 2 is 2.18 bits per heavy atom. The maximum Gasteiger partial charge on any atom is 0.319 e. The fraction of sp³-hybridized carbons (Fsp3) is 0.389. The lowest BCUT2D eigenvalue weighted by Gasteiger charge is -2.26. The number of guanidine groups is 1. The number of nitrogens with zero attached hydrogens (tertiary/aromatic N) is 3. The first-order chi connectivity index (χ1) is 13.1. The van der Waals surface area contributed by atoms with Crippen LogP contribution in [0.25, 0.3) is 0 Å². The van der Waals surface area contributed by atoms with Gasteiger partial charge in [-0.05, 0) is 18.6 Å². The number of aromatic nitrogens is 2. The van der Waals surface area contributed by atoms with Gasteiger partial charge < -0.3 is 16.0 Å². The van der Waals surface area contributed by atoms with Crippen LogP contribution in [-0.4, -0.2) is 34.5 Å². The Kier molecular flexibility index (Phi) is 8.15. The highest BCUT2D eigenvalue weighted by molar-refractivity contribution is 14.0. The number of rotatable bonds is 6. The van der Waals surface area contributed by atoms with Crippen molar-refractivity contribution in [2.45, 2.75) is 32.4 Å². The molecule has 152 valence electrons. The van der Waals surface area contributed by atoms with Gasteiger partial charge in [0, 0.05) is 43.5 Å². The smallest absolute Gasteiger partial charge is 0.319 e. The van der Waals surface area contributed by atoms with Gasteiger partial charge in [-0.3, -0.25) is 9.36 Å². The molecular weight excluding hydrogens is 481 g/mol. The number of amides is 1. The van der Waals surface area contributed by atoms with E-state index in [1.165, 1.54) is 12.4 Å². The van der Waals surface area contributed by atoms with Crippen LogP contribution in [0.1, 0.15) is 37.2 Å². The molecule has 0 aliphatic carbocycles. The van der Waals surface area contributed by atoms with Gasteiger partial charge in [-0.2, -0.15) is 8.78 Å². The van der Waals surface area contributed by atoms with Crippen molar-refractivity contribution in [3.8, 4) is 0 Å². The number of benzene rings is 1. The van der Waals surface area contributed by atoms with Crippen LogP contribution in [0.5, 0.6) is 0 Å². The molecule has 3 N–H and O–H groups in total. The minimum atomic E-state index is -2.65. The molecule has 1 aliphatic heterocycles. The molecule has 0 spiro atoms. The van der Waals surface area contributed by atoms with Gasteiger partial charge in [0.25, 0.3) is 0 Å². The molecule has 10 heteroatoms. The molecule has 0 fully saturated rings. The number of halogens is 3. The lowest BCUT2D eigenvalue weighted by atomic mass is 9.90. The maximum atomic E-state index is 12.9. The number of aliphatic imine (C=N–C) groups is 1. The Labute approximate surface area is 179 Å². The molecule has 1 unspecified atom stereocenters. The van der Waals surface area contributed by atoms with Gasteiger partial charge in [-0.15, -0.1) is 24.0 Å². The fourth-order valence-corrected chi connectivity index (χ4v) is 3.04. The summed E-state index contributed by atoms with van der Waals surface area (Å²) in [5, 5.41) is 9.15. The molecule has 28 heavy (non-hydrogen) atoms. The normalized spacial score (nSPS) is 16.2. The first-order valence-corrected chi connectivity index (χ1v) is 8.79. The van der Waals surface area contributed by atoms with Gasteiger partial charge in [0.15, 0.2) is 5.96 Å². The SMILES string of the molecule is CCNC(=NCc1nccn1C(F)F)NCC1CC(=O)Nc2ccccc21.I. The number of para-hydroxylation sites is 1. The zero-order chi connectivity index (χ0) is 19.2. The summed E-state index contributed by atoms with van der Waals surface area (Å²) in [5.74, 6) is 0.651. The number of nitrogens with one attached hydrogen (secondary N) is 3. The minimum absolute atomic E-state index is 0. The Hall–Kier alpha value is -2.24. The van der Waals surface area contributed by atoms with Crippen molar-refractivity contribution in [3.63, 3.8) is 0 Å². The van der Waals surface area contributed by atoms with E-state index in [0.717, 1.165) is 15.8 Å². The van der Waals surface area contributed by atoms with Crippen molar-refractivity contribution in [1.82, 2.24) is 20.2 Å². The van der Waals surface area contributed by atoms with Gasteiger partial charge in [0.05, 0.1) is 0 Å². The molecule has 3 rings (SSSR count). The van der Waals surface area contributed by atoms with E-state index in [0.29, 0.717) is 25.5 Å². The largest absolute Gasteiger partial charge is 0.357 e. The Morgan fingerprint density at radius 3 is 2.93 bits per heavy atom. The van der Waals surface area contributed by atoms with Crippen molar-refractivity contribution in [3.05, 3.63) is 48.0 Å². The molecule has 2 heterocycles. The highest BCUT2D eigenvalue weighted by atomic mass is 127. The van der Waals surface area contributed by atoms with Crippen LogP contribution in [-0.2, 0) is 11.3 Å². The van der Waals surface area contributed by atoms with E-state index in [9.17, 15) is 13.6 Å².